The monoisotopic (exact) mass is 333 g/mol. The number of fused-ring (bicyclic) bond motifs is 1. The molecule has 0 spiro atoms. The third kappa shape index (κ3) is 3.39. The molecule has 2 aromatic heterocycles. The normalized spacial score (nSPS) is 13.9. The van der Waals surface area contributed by atoms with E-state index in [1.54, 1.807) is 19.9 Å². The van der Waals surface area contributed by atoms with E-state index in [1.165, 1.54) is 0 Å². The Hall–Kier alpha value is -2.44. The Kier molecular flexibility index (Phi) is 5.21. The Bertz CT molecular complexity index is 767. The van der Waals surface area contributed by atoms with Crippen molar-refractivity contribution >= 4 is 23.0 Å². The van der Waals surface area contributed by atoms with Gasteiger partial charge in [-0.1, -0.05) is 39.3 Å². The van der Waals surface area contributed by atoms with Gasteiger partial charge in [0, 0.05) is 5.69 Å². The van der Waals surface area contributed by atoms with E-state index >= 15 is 0 Å². The first-order valence-electron chi connectivity index (χ1n) is 8.06. The molecule has 0 aliphatic carbocycles. The highest BCUT2D eigenvalue weighted by Gasteiger charge is 2.28. The number of carboxylic acids is 1. The minimum absolute atomic E-state index is 0.0937. The lowest BCUT2D eigenvalue weighted by Gasteiger charge is -2.20. The van der Waals surface area contributed by atoms with Gasteiger partial charge in [0.15, 0.2) is 0 Å². The van der Waals surface area contributed by atoms with Crippen molar-refractivity contribution in [3.05, 3.63) is 23.0 Å². The molecule has 0 saturated heterocycles. The van der Waals surface area contributed by atoms with Gasteiger partial charge < -0.3 is 14.9 Å². The van der Waals surface area contributed by atoms with Gasteiger partial charge in [-0.2, -0.15) is 0 Å². The van der Waals surface area contributed by atoms with Crippen molar-refractivity contribution in [2.45, 2.75) is 53.0 Å². The summed E-state index contributed by atoms with van der Waals surface area (Å²) < 4.78 is 5.19. The summed E-state index contributed by atoms with van der Waals surface area (Å²) in [6.07, 6.45) is 0.645. The molecule has 2 rings (SSSR count). The fourth-order valence-electron chi connectivity index (χ4n) is 2.49. The van der Waals surface area contributed by atoms with Crippen LogP contribution in [0.5, 0.6) is 0 Å². The molecule has 2 atom stereocenters. The van der Waals surface area contributed by atoms with Crippen LogP contribution in [0.15, 0.2) is 10.6 Å². The number of hydrogen-bond donors (Lipinski definition) is 2. The second kappa shape index (κ2) is 6.98. The maximum absolute atomic E-state index is 12.7. The number of aliphatic carboxylic acids is 1. The zero-order valence-electron chi connectivity index (χ0n) is 14.6. The highest BCUT2D eigenvalue weighted by Crippen LogP contribution is 2.25. The molecule has 1 amide bonds. The van der Waals surface area contributed by atoms with Crippen molar-refractivity contribution in [2.24, 2.45) is 5.92 Å². The summed E-state index contributed by atoms with van der Waals surface area (Å²) in [4.78, 5) is 28.6. The molecule has 7 nitrogen and oxygen atoms in total. The van der Waals surface area contributed by atoms with E-state index in [4.69, 9.17) is 4.52 Å². The molecule has 0 fully saturated rings. The Morgan fingerprint density at radius 3 is 2.54 bits per heavy atom. The highest BCUT2D eigenvalue weighted by atomic mass is 16.5. The SMILES string of the molecule is CC[C@H](C)[C@H](NC(=O)c1cc(C(C)C)nc2onc(C)c12)C(=O)O. The predicted molar refractivity (Wildman–Crippen MR) is 89.0 cm³/mol. The van der Waals surface area contributed by atoms with Crippen LogP contribution in [0.1, 0.15) is 61.8 Å². The van der Waals surface area contributed by atoms with Crippen LogP contribution in [0.3, 0.4) is 0 Å². The quantitative estimate of drug-likeness (QED) is 0.842. The Labute approximate surface area is 140 Å². The van der Waals surface area contributed by atoms with Crippen molar-refractivity contribution < 1.29 is 19.2 Å². The van der Waals surface area contributed by atoms with Crippen LogP contribution in [0.4, 0.5) is 0 Å². The van der Waals surface area contributed by atoms with Crippen molar-refractivity contribution in [2.75, 3.05) is 0 Å². The fourth-order valence-corrected chi connectivity index (χ4v) is 2.49. The lowest BCUT2D eigenvalue weighted by atomic mass is 9.98. The van der Waals surface area contributed by atoms with E-state index in [0.717, 1.165) is 0 Å². The first-order valence-corrected chi connectivity index (χ1v) is 8.06. The number of rotatable bonds is 6. The fraction of sp³-hybridized carbons (Fsp3) is 0.529. The van der Waals surface area contributed by atoms with Crippen LogP contribution in [0.2, 0.25) is 0 Å². The van der Waals surface area contributed by atoms with E-state index in [2.05, 4.69) is 15.5 Å². The van der Waals surface area contributed by atoms with Gasteiger partial charge in [0.05, 0.1) is 16.6 Å². The van der Waals surface area contributed by atoms with E-state index in [1.807, 2.05) is 20.8 Å². The van der Waals surface area contributed by atoms with Crippen LogP contribution in [0.25, 0.3) is 11.1 Å². The number of aromatic nitrogens is 2. The van der Waals surface area contributed by atoms with Crippen molar-refractivity contribution in [3.63, 3.8) is 0 Å². The summed E-state index contributed by atoms with van der Waals surface area (Å²) in [5, 5.41) is 16.4. The first-order chi connectivity index (χ1) is 11.3. The Morgan fingerprint density at radius 1 is 1.33 bits per heavy atom. The van der Waals surface area contributed by atoms with Crippen LogP contribution < -0.4 is 5.32 Å². The maximum atomic E-state index is 12.7. The molecule has 0 radical (unpaired) electrons. The number of amides is 1. The molecule has 0 bridgehead atoms. The summed E-state index contributed by atoms with van der Waals surface area (Å²) in [7, 11) is 0. The number of carbonyl (C=O) groups excluding carboxylic acids is 1. The lowest BCUT2D eigenvalue weighted by Crippen LogP contribution is -2.45. The third-order valence-electron chi connectivity index (χ3n) is 4.24. The topological polar surface area (TPSA) is 105 Å². The molecule has 130 valence electrons. The molecule has 7 heteroatoms. The maximum Gasteiger partial charge on any atom is 0.326 e. The van der Waals surface area contributed by atoms with E-state index < -0.39 is 17.9 Å². The summed E-state index contributed by atoms with van der Waals surface area (Å²) in [6, 6.07) is 0.732. The molecular formula is C17H23N3O4. The van der Waals surface area contributed by atoms with Gasteiger partial charge in [0.1, 0.15) is 6.04 Å². The number of carboxylic acid groups (broad SMARTS) is 1. The third-order valence-corrected chi connectivity index (χ3v) is 4.24. The second-order valence-corrected chi connectivity index (χ2v) is 6.37. The minimum atomic E-state index is -1.05. The van der Waals surface area contributed by atoms with E-state index in [-0.39, 0.29) is 11.8 Å². The summed E-state index contributed by atoms with van der Waals surface area (Å²) in [5.74, 6) is -1.59. The van der Waals surface area contributed by atoms with Gasteiger partial charge in [-0.3, -0.25) is 4.79 Å². The van der Waals surface area contributed by atoms with E-state index in [0.29, 0.717) is 34.5 Å². The van der Waals surface area contributed by atoms with Gasteiger partial charge in [0.2, 0.25) is 0 Å². The minimum Gasteiger partial charge on any atom is -0.480 e. The van der Waals surface area contributed by atoms with Gasteiger partial charge in [-0.15, -0.1) is 0 Å². The van der Waals surface area contributed by atoms with Gasteiger partial charge >= 0.3 is 5.97 Å². The summed E-state index contributed by atoms with van der Waals surface area (Å²) >= 11 is 0. The Morgan fingerprint density at radius 2 is 2.00 bits per heavy atom. The van der Waals surface area contributed by atoms with Gasteiger partial charge in [0.25, 0.3) is 11.6 Å². The number of carbonyl (C=O) groups is 2. The average Bonchev–Trinajstić information content (AvgIpc) is 2.91. The number of pyridine rings is 1. The molecule has 0 aliphatic rings. The average molecular weight is 333 g/mol. The van der Waals surface area contributed by atoms with Crippen molar-refractivity contribution in [1.29, 1.82) is 0 Å². The molecule has 0 aliphatic heterocycles. The predicted octanol–water partition coefficient (Wildman–Crippen LogP) is 2.88. The van der Waals surface area contributed by atoms with Crippen molar-refractivity contribution in [1.82, 2.24) is 15.5 Å². The van der Waals surface area contributed by atoms with Crippen LogP contribution in [-0.4, -0.2) is 33.2 Å². The number of hydrogen-bond acceptors (Lipinski definition) is 5. The summed E-state index contributed by atoms with van der Waals surface area (Å²) in [6.45, 7) is 9.32. The molecule has 2 heterocycles. The molecule has 2 aromatic rings. The van der Waals surface area contributed by atoms with Crippen LogP contribution in [-0.2, 0) is 4.79 Å². The zero-order valence-corrected chi connectivity index (χ0v) is 14.6. The smallest absolute Gasteiger partial charge is 0.326 e. The van der Waals surface area contributed by atoms with Crippen LogP contribution in [0, 0.1) is 12.8 Å². The van der Waals surface area contributed by atoms with Gasteiger partial charge in [-0.25, -0.2) is 9.78 Å². The number of nitrogens with zero attached hydrogens (tertiary/aromatic N) is 2. The van der Waals surface area contributed by atoms with Crippen molar-refractivity contribution in [3.8, 4) is 0 Å². The molecule has 0 saturated carbocycles. The molecule has 2 N–H and O–H groups in total. The Balaban J connectivity index is 2.48. The summed E-state index contributed by atoms with van der Waals surface area (Å²) in [5.41, 5.74) is 1.88. The molecule has 0 unspecified atom stereocenters. The standard InChI is InChI=1S/C17H23N3O4/c1-6-9(4)14(17(22)23)19-15(21)11-7-12(8(2)3)18-16-13(11)10(5)20-24-16/h7-9,14H,6H2,1-5H3,(H,19,21)(H,22,23)/t9-,14-/m0/s1. The van der Waals surface area contributed by atoms with Crippen LogP contribution >= 0.6 is 0 Å². The largest absolute Gasteiger partial charge is 0.480 e. The lowest BCUT2D eigenvalue weighted by molar-refractivity contribution is -0.140. The first kappa shape index (κ1) is 17.9. The van der Waals surface area contributed by atoms with E-state index in [9.17, 15) is 14.7 Å². The molecular weight excluding hydrogens is 310 g/mol. The number of nitrogens with one attached hydrogen (secondary N) is 1. The molecule has 0 aromatic carbocycles. The zero-order chi connectivity index (χ0) is 18.0. The number of aryl methyl sites for hydroxylation is 1. The second-order valence-electron chi connectivity index (χ2n) is 6.37. The molecule has 24 heavy (non-hydrogen) atoms. The van der Waals surface area contributed by atoms with Gasteiger partial charge in [-0.05, 0) is 24.8 Å². The highest BCUT2D eigenvalue weighted by molar-refractivity contribution is 6.07.